The third-order valence-electron chi connectivity index (χ3n) is 3.48. The minimum Gasteiger partial charge on any atom is -0.326 e. The molecule has 0 spiro atoms. The molecule has 0 aromatic heterocycles. The number of carbonyl (C=O) groups excluding carboxylic acids is 1. The van der Waals surface area contributed by atoms with Crippen LogP contribution < -0.4 is 10.6 Å². The van der Waals surface area contributed by atoms with Gasteiger partial charge in [-0.1, -0.05) is 24.3 Å². The first-order valence-corrected chi connectivity index (χ1v) is 8.55. The number of rotatable bonds is 6. The average molecular weight is 314 g/mol. The monoisotopic (exact) mass is 314 g/mol. The third kappa shape index (κ3) is 4.90. The molecule has 2 aromatic carbocycles. The van der Waals surface area contributed by atoms with Gasteiger partial charge in [-0.2, -0.15) is 0 Å². The fraction of sp³-hybridized carbons (Fsp3) is 0.278. The van der Waals surface area contributed by atoms with Gasteiger partial charge < -0.3 is 10.6 Å². The minimum atomic E-state index is -0.0494. The van der Waals surface area contributed by atoms with Gasteiger partial charge in [0, 0.05) is 30.1 Å². The van der Waals surface area contributed by atoms with Crippen LogP contribution in [-0.2, 0) is 11.3 Å². The van der Waals surface area contributed by atoms with Crippen LogP contribution in [0.25, 0.3) is 0 Å². The smallest absolute Gasteiger partial charge is 0.221 e. The van der Waals surface area contributed by atoms with E-state index in [1.54, 1.807) is 11.8 Å². The molecular weight excluding hydrogens is 292 g/mol. The first-order chi connectivity index (χ1) is 10.6. The van der Waals surface area contributed by atoms with Crippen molar-refractivity contribution < 1.29 is 4.79 Å². The zero-order chi connectivity index (χ0) is 15.9. The first-order valence-electron chi connectivity index (χ1n) is 7.32. The fourth-order valence-electron chi connectivity index (χ4n) is 2.22. The van der Waals surface area contributed by atoms with E-state index in [0.717, 1.165) is 17.8 Å². The second-order valence-corrected chi connectivity index (χ2v) is 6.14. The molecule has 0 saturated carbocycles. The summed E-state index contributed by atoms with van der Waals surface area (Å²) in [5.41, 5.74) is 3.26. The van der Waals surface area contributed by atoms with Gasteiger partial charge in [0.25, 0.3) is 0 Å². The molecule has 22 heavy (non-hydrogen) atoms. The summed E-state index contributed by atoms with van der Waals surface area (Å²) >= 11 is 1.75. The Balaban J connectivity index is 1.96. The molecule has 0 aliphatic rings. The standard InChI is InChI=1S/C18H22N2OS/c1-13(16-5-4-6-17(11-16)20-14(2)21)19-12-15-7-9-18(22-3)10-8-15/h4-11,13,19H,12H2,1-3H3,(H,20,21). The molecule has 3 nitrogen and oxygen atoms in total. The molecule has 0 bridgehead atoms. The topological polar surface area (TPSA) is 41.1 Å². The largest absolute Gasteiger partial charge is 0.326 e. The van der Waals surface area contributed by atoms with Gasteiger partial charge in [0.2, 0.25) is 5.91 Å². The summed E-state index contributed by atoms with van der Waals surface area (Å²) in [6, 6.07) is 16.8. The zero-order valence-electron chi connectivity index (χ0n) is 13.2. The number of nitrogens with one attached hydrogen (secondary N) is 2. The highest BCUT2D eigenvalue weighted by atomic mass is 32.2. The predicted octanol–water partition coefficient (Wildman–Crippen LogP) is 4.22. The van der Waals surface area contributed by atoms with Crippen LogP contribution >= 0.6 is 11.8 Å². The van der Waals surface area contributed by atoms with E-state index in [4.69, 9.17) is 0 Å². The van der Waals surface area contributed by atoms with E-state index >= 15 is 0 Å². The van der Waals surface area contributed by atoms with Crippen molar-refractivity contribution in [1.29, 1.82) is 0 Å². The lowest BCUT2D eigenvalue weighted by Crippen LogP contribution is -2.18. The highest BCUT2D eigenvalue weighted by Crippen LogP contribution is 2.19. The van der Waals surface area contributed by atoms with Gasteiger partial charge in [-0.05, 0) is 48.6 Å². The number of anilines is 1. The van der Waals surface area contributed by atoms with Crippen LogP contribution in [0, 0.1) is 0 Å². The van der Waals surface area contributed by atoms with Crippen molar-refractivity contribution in [1.82, 2.24) is 5.32 Å². The van der Waals surface area contributed by atoms with E-state index in [1.165, 1.54) is 17.4 Å². The van der Waals surface area contributed by atoms with Gasteiger partial charge in [-0.3, -0.25) is 4.79 Å². The van der Waals surface area contributed by atoms with E-state index in [2.05, 4.69) is 54.1 Å². The number of hydrogen-bond donors (Lipinski definition) is 2. The van der Waals surface area contributed by atoms with Gasteiger partial charge in [-0.15, -0.1) is 11.8 Å². The van der Waals surface area contributed by atoms with Crippen LogP contribution in [0.15, 0.2) is 53.4 Å². The van der Waals surface area contributed by atoms with Crippen molar-refractivity contribution in [3.63, 3.8) is 0 Å². The lowest BCUT2D eigenvalue weighted by atomic mass is 10.1. The summed E-state index contributed by atoms with van der Waals surface area (Å²) in [4.78, 5) is 12.4. The van der Waals surface area contributed by atoms with Gasteiger partial charge >= 0.3 is 0 Å². The molecule has 2 N–H and O–H groups in total. The number of amides is 1. The lowest BCUT2D eigenvalue weighted by Gasteiger charge is -2.15. The molecule has 0 aliphatic carbocycles. The molecule has 0 fully saturated rings. The molecule has 4 heteroatoms. The summed E-state index contributed by atoms with van der Waals surface area (Å²) in [5, 5.41) is 6.33. The van der Waals surface area contributed by atoms with Crippen molar-refractivity contribution >= 4 is 23.4 Å². The molecular formula is C18H22N2OS. The highest BCUT2D eigenvalue weighted by Gasteiger charge is 2.06. The van der Waals surface area contributed by atoms with Gasteiger partial charge in [0.15, 0.2) is 0 Å². The van der Waals surface area contributed by atoms with E-state index in [0.29, 0.717) is 0 Å². The second kappa shape index (κ2) is 8.01. The summed E-state index contributed by atoms with van der Waals surface area (Å²) in [6.07, 6.45) is 2.08. The van der Waals surface area contributed by atoms with Gasteiger partial charge in [-0.25, -0.2) is 0 Å². The SMILES string of the molecule is CSc1ccc(CNC(C)c2cccc(NC(C)=O)c2)cc1. The predicted molar refractivity (Wildman–Crippen MR) is 94.2 cm³/mol. The minimum absolute atomic E-state index is 0.0494. The maximum absolute atomic E-state index is 11.1. The average Bonchev–Trinajstić information content (AvgIpc) is 2.52. The van der Waals surface area contributed by atoms with E-state index < -0.39 is 0 Å². The Morgan fingerprint density at radius 2 is 1.91 bits per heavy atom. The Morgan fingerprint density at radius 1 is 1.18 bits per heavy atom. The summed E-state index contributed by atoms with van der Waals surface area (Å²) < 4.78 is 0. The van der Waals surface area contributed by atoms with E-state index in [1.807, 2.05) is 18.2 Å². The van der Waals surface area contributed by atoms with Crippen molar-refractivity contribution in [3.8, 4) is 0 Å². The van der Waals surface area contributed by atoms with Crippen LogP contribution in [0.4, 0.5) is 5.69 Å². The lowest BCUT2D eigenvalue weighted by molar-refractivity contribution is -0.114. The molecule has 0 aliphatic heterocycles. The maximum atomic E-state index is 11.1. The molecule has 2 rings (SSSR count). The Morgan fingerprint density at radius 3 is 2.55 bits per heavy atom. The summed E-state index contributed by atoms with van der Waals surface area (Å²) in [6.45, 7) is 4.47. The molecule has 0 radical (unpaired) electrons. The van der Waals surface area contributed by atoms with Crippen LogP contribution in [0.3, 0.4) is 0 Å². The molecule has 1 unspecified atom stereocenters. The van der Waals surface area contributed by atoms with Crippen LogP contribution in [0.5, 0.6) is 0 Å². The zero-order valence-corrected chi connectivity index (χ0v) is 14.0. The van der Waals surface area contributed by atoms with Crippen molar-refractivity contribution in [2.75, 3.05) is 11.6 Å². The normalized spacial score (nSPS) is 12.0. The Kier molecular flexibility index (Phi) is 6.04. The van der Waals surface area contributed by atoms with E-state index in [9.17, 15) is 4.79 Å². The van der Waals surface area contributed by atoms with E-state index in [-0.39, 0.29) is 11.9 Å². The van der Waals surface area contributed by atoms with Crippen molar-refractivity contribution in [2.45, 2.75) is 31.3 Å². The Labute approximate surface area is 136 Å². The molecule has 0 saturated heterocycles. The molecule has 1 amide bonds. The van der Waals surface area contributed by atoms with Crippen LogP contribution in [0.2, 0.25) is 0 Å². The maximum Gasteiger partial charge on any atom is 0.221 e. The Bertz CT molecular complexity index is 625. The third-order valence-corrected chi connectivity index (χ3v) is 4.22. The highest BCUT2D eigenvalue weighted by molar-refractivity contribution is 7.98. The quantitative estimate of drug-likeness (QED) is 0.785. The number of hydrogen-bond acceptors (Lipinski definition) is 3. The first kappa shape index (κ1) is 16.6. The number of carbonyl (C=O) groups is 1. The Hall–Kier alpha value is -1.78. The van der Waals surface area contributed by atoms with Crippen molar-refractivity contribution in [3.05, 3.63) is 59.7 Å². The molecule has 1 atom stereocenters. The van der Waals surface area contributed by atoms with Gasteiger partial charge in [0.1, 0.15) is 0 Å². The number of benzene rings is 2. The summed E-state index contributed by atoms with van der Waals surface area (Å²) in [5.74, 6) is -0.0494. The fourth-order valence-corrected chi connectivity index (χ4v) is 2.63. The molecule has 0 heterocycles. The van der Waals surface area contributed by atoms with Crippen LogP contribution in [-0.4, -0.2) is 12.2 Å². The van der Waals surface area contributed by atoms with Crippen molar-refractivity contribution in [2.24, 2.45) is 0 Å². The molecule has 116 valence electrons. The summed E-state index contributed by atoms with van der Waals surface area (Å²) in [7, 11) is 0. The number of thioether (sulfide) groups is 1. The second-order valence-electron chi connectivity index (χ2n) is 5.26. The van der Waals surface area contributed by atoms with Gasteiger partial charge in [0.05, 0.1) is 0 Å². The molecule has 2 aromatic rings. The van der Waals surface area contributed by atoms with Crippen LogP contribution in [0.1, 0.15) is 31.0 Å².